The summed E-state index contributed by atoms with van der Waals surface area (Å²) >= 11 is 0. The Bertz CT molecular complexity index is 1300. The average Bonchev–Trinajstić information content (AvgIpc) is 3.29. The number of aromatic amines is 1. The number of rotatable bonds is 7. The SMILES string of the molecule is C=CC(=O)Nc1cccc(Oc2cnc3[nH]cc(-c4cn(CC(C)(C)O)nc4C)c3n2)c1. The molecule has 0 spiro atoms. The lowest BCUT2D eigenvalue weighted by atomic mass is 10.1. The van der Waals surface area contributed by atoms with E-state index in [1.54, 1.807) is 42.8 Å². The third kappa shape index (κ3) is 4.68. The summed E-state index contributed by atoms with van der Waals surface area (Å²) < 4.78 is 7.61. The third-order valence-electron chi connectivity index (χ3n) is 4.65. The molecule has 1 amide bonds. The van der Waals surface area contributed by atoms with E-state index in [1.165, 1.54) is 12.3 Å². The molecule has 0 aliphatic carbocycles. The topological polar surface area (TPSA) is 118 Å². The van der Waals surface area contributed by atoms with Crippen molar-refractivity contribution in [1.82, 2.24) is 24.7 Å². The van der Waals surface area contributed by atoms with E-state index < -0.39 is 5.60 Å². The van der Waals surface area contributed by atoms with Gasteiger partial charge in [0.05, 0.1) is 24.0 Å². The highest BCUT2D eigenvalue weighted by atomic mass is 16.5. The largest absolute Gasteiger partial charge is 0.437 e. The zero-order valence-corrected chi connectivity index (χ0v) is 18.1. The van der Waals surface area contributed by atoms with Crippen LogP contribution in [0.1, 0.15) is 19.5 Å². The molecule has 0 atom stereocenters. The molecular formula is C23H24N6O3. The first-order valence-corrected chi connectivity index (χ1v) is 10.0. The van der Waals surface area contributed by atoms with Crippen LogP contribution in [0, 0.1) is 6.92 Å². The van der Waals surface area contributed by atoms with Gasteiger partial charge in [0.2, 0.25) is 11.8 Å². The van der Waals surface area contributed by atoms with Crippen molar-refractivity contribution in [2.75, 3.05) is 5.32 Å². The Morgan fingerprint density at radius 1 is 1.38 bits per heavy atom. The minimum atomic E-state index is -0.879. The number of aromatic nitrogens is 5. The summed E-state index contributed by atoms with van der Waals surface area (Å²) in [6, 6.07) is 6.97. The molecular weight excluding hydrogens is 408 g/mol. The summed E-state index contributed by atoms with van der Waals surface area (Å²) in [7, 11) is 0. The predicted molar refractivity (Wildman–Crippen MR) is 121 cm³/mol. The fourth-order valence-electron chi connectivity index (χ4n) is 3.34. The van der Waals surface area contributed by atoms with Gasteiger partial charge in [-0.1, -0.05) is 12.6 Å². The van der Waals surface area contributed by atoms with Gasteiger partial charge in [-0.25, -0.2) is 9.97 Å². The molecule has 0 unspecified atom stereocenters. The fraction of sp³-hybridized carbons (Fsp3) is 0.217. The second-order valence-corrected chi connectivity index (χ2v) is 8.07. The molecule has 0 bridgehead atoms. The highest BCUT2D eigenvalue weighted by Gasteiger charge is 2.19. The standard InChI is InChI=1S/C23H24N6O3/c1-5-19(30)26-15-7-6-8-16(9-15)32-20-11-25-22-21(27-20)17(10-24-22)18-12-29(28-14(18)2)13-23(3,4)31/h5-12,31H,1,13H2,2-4H3,(H,24,25)(H,26,30). The smallest absolute Gasteiger partial charge is 0.247 e. The maximum Gasteiger partial charge on any atom is 0.247 e. The first kappa shape index (κ1) is 21.3. The van der Waals surface area contributed by atoms with E-state index in [0.29, 0.717) is 35.0 Å². The van der Waals surface area contributed by atoms with Crippen LogP contribution < -0.4 is 10.1 Å². The summed E-state index contributed by atoms with van der Waals surface area (Å²) in [6.45, 7) is 9.20. The van der Waals surface area contributed by atoms with E-state index >= 15 is 0 Å². The van der Waals surface area contributed by atoms with Crippen LogP contribution >= 0.6 is 0 Å². The maximum atomic E-state index is 11.5. The summed E-state index contributed by atoms with van der Waals surface area (Å²) in [6.07, 6.45) is 6.45. The Kier molecular flexibility index (Phi) is 5.50. The van der Waals surface area contributed by atoms with Gasteiger partial charge >= 0.3 is 0 Å². The van der Waals surface area contributed by atoms with Gasteiger partial charge in [-0.3, -0.25) is 9.48 Å². The van der Waals surface area contributed by atoms with E-state index in [4.69, 9.17) is 4.74 Å². The second-order valence-electron chi connectivity index (χ2n) is 8.07. The van der Waals surface area contributed by atoms with Crippen LogP contribution in [-0.2, 0) is 11.3 Å². The number of carbonyl (C=O) groups excluding carboxylic acids is 1. The van der Waals surface area contributed by atoms with E-state index in [9.17, 15) is 9.90 Å². The van der Waals surface area contributed by atoms with E-state index in [2.05, 4.69) is 31.9 Å². The zero-order chi connectivity index (χ0) is 22.9. The molecule has 0 saturated carbocycles. The lowest BCUT2D eigenvalue weighted by Crippen LogP contribution is -2.26. The van der Waals surface area contributed by atoms with Gasteiger partial charge in [0.15, 0.2) is 5.65 Å². The van der Waals surface area contributed by atoms with Crippen LogP contribution in [0.3, 0.4) is 0 Å². The number of benzene rings is 1. The Morgan fingerprint density at radius 2 is 2.19 bits per heavy atom. The predicted octanol–water partition coefficient (Wildman–Crippen LogP) is 3.82. The molecule has 3 aromatic heterocycles. The maximum absolute atomic E-state index is 11.5. The minimum absolute atomic E-state index is 0.305. The number of ether oxygens (including phenoxy) is 1. The molecule has 0 fully saturated rings. The quantitative estimate of drug-likeness (QED) is 0.382. The van der Waals surface area contributed by atoms with Gasteiger partial charge in [-0.2, -0.15) is 5.10 Å². The van der Waals surface area contributed by atoms with Crippen LogP contribution in [0.4, 0.5) is 5.69 Å². The van der Waals surface area contributed by atoms with E-state index in [1.807, 2.05) is 19.3 Å². The first-order chi connectivity index (χ1) is 15.2. The number of hydrogen-bond donors (Lipinski definition) is 3. The Balaban J connectivity index is 1.64. The van der Waals surface area contributed by atoms with Crippen molar-refractivity contribution in [2.45, 2.75) is 32.9 Å². The molecule has 0 aliphatic heterocycles. The monoisotopic (exact) mass is 432 g/mol. The Hall–Kier alpha value is -3.98. The van der Waals surface area contributed by atoms with Gasteiger partial charge < -0.3 is 20.1 Å². The van der Waals surface area contributed by atoms with Crippen LogP contribution in [0.5, 0.6) is 11.6 Å². The molecule has 32 heavy (non-hydrogen) atoms. The summed E-state index contributed by atoms with van der Waals surface area (Å²) in [5.74, 6) is 0.514. The number of amides is 1. The molecule has 0 aliphatic rings. The number of nitrogens with one attached hydrogen (secondary N) is 2. The number of nitrogens with zero attached hydrogens (tertiary/aromatic N) is 4. The fourth-order valence-corrected chi connectivity index (χ4v) is 3.34. The summed E-state index contributed by atoms with van der Waals surface area (Å²) in [5, 5.41) is 17.3. The normalized spacial score (nSPS) is 11.5. The van der Waals surface area contributed by atoms with Gasteiger partial charge in [-0.15, -0.1) is 0 Å². The molecule has 4 rings (SSSR count). The zero-order valence-electron chi connectivity index (χ0n) is 18.1. The van der Waals surface area contributed by atoms with E-state index in [-0.39, 0.29) is 5.91 Å². The van der Waals surface area contributed by atoms with Crippen molar-refractivity contribution in [3.05, 3.63) is 61.2 Å². The van der Waals surface area contributed by atoms with Crippen molar-refractivity contribution in [2.24, 2.45) is 0 Å². The van der Waals surface area contributed by atoms with Crippen molar-refractivity contribution in [3.63, 3.8) is 0 Å². The average molecular weight is 432 g/mol. The molecule has 0 saturated heterocycles. The Morgan fingerprint density at radius 3 is 2.94 bits per heavy atom. The van der Waals surface area contributed by atoms with Crippen molar-refractivity contribution in [3.8, 4) is 22.8 Å². The van der Waals surface area contributed by atoms with Gasteiger partial charge in [0, 0.05) is 35.3 Å². The molecule has 3 N–H and O–H groups in total. The van der Waals surface area contributed by atoms with Crippen LogP contribution in [0.15, 0.2) is 55.5 Å². The number of hydrogen-bond acceptors (Lipinski definition) is 6. The number of H-pyrrole nitrogens is 1. The second kappa shape index (κ2) is 8.27. The molecule has 164 valence electrons. The van der Waals surface area contributed by atoms with Crippen LogP contribution in [-0.4, -0.2) is 41.3 Å². The van der Waals surface area contributed by atoms with Gasteiger partial charge in [-0.05, 0) is 39.0 Å². The molecule has 9 heteroatoms. The minimum Gasteiger partial charge on any atom is -0.437 e. The van der Waals surface area contributed by atoms with Crippen molar-refractivity contribution < 1.29 is 14.6 Å². The molecule has 3 heterocycles. The highest BCUT2D eigenvalue weighted by molar-refractivity contribution is 5.99. The summed E-state index contributed by atoms with van der Waals surface area (Å²) in [5.41, 5.74) is 3.51. The van der Waals surface area contributed by atoms with Crippen LogP contribution in [0.25, 0.3) is 22.3 Å². The molecule has 4 aromatic rings. The number of aryl methyl sites for hydroxylation is 1. The lowest BCUT2D eigenvalue weighted by Gasteiger charge is -2.16. The van der Waals surface area contributed by atoms with Crippen molar-refractivity contribution >= 4 is 22.8 Å². The molecule has 1 aromatic carbocycles. The van der Waals surface area contributed by atoms with Crippen LogP contribution in [0.2, 0.25) is 0 Å². The Labute approximate surface area is 184 Å². The third-order valence-corrected chi connectivity index (χ3v) is 4.65. The van der Waals surface area contributed by atoms with Gasteiger partial charge in [0.1, 0.15) is 11.3 Å². The highest BCUT2D eigenvalue weighted by Crippen LogP contribution is 2.31. The summed E-state index contributed by atoms with van der Waals surface area (Å²) in [4.78, 5) is 23.7. The van der Waals surface area contributed by atoms with Crippen molar-refractivity contribution in [1.29, 1.82) is 0 Å². The first-order valence-electron chi connectivity index (χ1n) is 10.0. The van der Waals surface area contributed by atoms with Gasteiger partial charge in [0.25, 0.3) is 0 Å². The number of fused-ring (bicyclic) bond motifs is 1. The number of anilines is 1. The number of carbonyl (C=O) groups is 1. The molecule has 0 radical (unpaired) electrons. The lowest BCUT2D eigenvalue weighted by molar-refractivity contribution is -0.111. The van der Waals surface area contributed by atoms with E-state index in [0.717, 1.165) is 16.8 Å². The number of aliphatic hydroxyl groups is 1. The molecule has 9 nitrogen and oxygen atoms in total.